The largest absolute Gasteiger partial charge is 0.352 e. The van der Waals surface area contributed by atoms with E-state index in [0.717, 1.165) is 49.0 Å². The van der Waals surface area contributed by atoms with E-state index in [-0.39, 0.29) is 23.3 Å². The topological polar surface area (TPSA) is 84.2 Å². The maximum Gasteiger partial charge on any atom is 0.251 e. The van der Waals surface area contributed by atoms with E-state index in [2.05, 4.69) is 10.6 Å². The molecule has 2 amide bonds. The number of carbonyl (C=O) groups excluding carboxylic acids is 2. The minimum absolute atomic E-state index is 0.0789. The van der Waals surface area contributed by atoms with Gasteiger partial charge in [-0.15, -0.1) is 0 Å². The molecule has 0 heterocycles. The Bertz CT molecular complexity index is 691. The molecule has 0 spiro atoms. The highest BCUT2D eigenvalue weighted by Gasteiger charge is 2.54. The highest BCUT2D eigenvalue weighted by molar-refractivity contribution is 5.94. The number of rotatable bonds is 7. The molecule has 1 aromatic rings. The molecule has 0 aliphatic heterocycles. The van der Waals surface area contributed by atoms with Crippen molar-refractivity contribution in [1.82, 2.24) is 10.6 Å². The Morgan fingerprint density at radius 1 is 1.04 bits per heavy atom. The van der Waals surface area contributed by atoms with Gasteiger partial charge in [0.25, 0.3) is 5.91 Å². The number of nitrogens with two attached hydrogens (primary N) is 1. The van der Waals surface area contributed by atoms with Gasteiger partial charge in [-0.2, -0.15) is 0 Å². The van der Waals surface area contributed by atoms with Crippen molar-refractivity contribution in [2.75, 3.05) is 6.54 Å². The van der Waals surface area contributed by atoms with Gasteiger partial charge in [0.1, 0.15) is 0 Å². The number of nitrogens with one attached hydrogen (secondary N) is 2. The third-order valence-electron chi connectivity index (χ3n) is 7.07. The van der Waals surface area contributed by atoms with E-state index < -0.39 is 0 Å². The van der Waals surface area contributed by atoms with Crippen LogP contribution < -0.4 is 16.4 Å². The third kappa shape index (κ3) is 4.09. The van der Waals surface area contributed by atoms with E-state index in [4.69, 9.17) is 5.73 Å². The summed E-state index contributed by atoms with van der Waals surface area (Å²) in [6.45, 7) is 3.05. The van der Waals surface area contributed by atoms with Crippen LogP contribution in [0.1, 0.15) is 67.8 Å². The summed E-state index contributed by atoms with van der Waals surface area (Å²) in [5.41, 5.74) is 7.27. The summed E-state index contributed by atoms with van der Waals surface area (Å²) in [6.07, 6.45) is 8.07. The van der Waals surface area contributed by atoms with Crippen LogP contribution in [0.3, 0.4) is 0 Å². The molecule has 4 bridgehead atoms. The van der Waals surface area contributed by atoms with E-state index in [1.165, 1.54) is 19.3 Å². The van der Waals surface area contributed by atoms with Crippen LogP contribution in [0, 0.1) is 23.2 Å². The smallest absolute Gasteiger partial charge is 0.251 e. The Hall–Kier alpha value is -1.88. The molecule has 0 saturated heterocycles. The second-order valence-corrected chi connectivity index (χ2v) is 9.60. The van der Waals surface area contributed by atoms with Crippen molar-refractivity contribution in [1.29, 1.82) is 0 Å². The van der Waals surface area contributed by atoms with Crippen molar-refractivity contribution in [3.63, 3.8) is 0 Å². The van der Waals surface area contributed by atoms with Gasteiger partial charge in [-0.1, -0.05) is 12.1 Å². The van der Waals surface area contributed by atoms with Gasteiger partial charge in [0.15, 0.2) is 0 Å². The minimum Gasteiger partial charge on any atom is -0.352 e. The zero-order valence-corrected chi connectivity index (χ0v) is 16.9. The maximum atomic E-state index is 13.0. The van der Waals surface area contributed by atoms with E-state index in [1.807, 2.05) is 31.2 Å². The molecule has 4 aliphatic carbocycles. The molecule has 0 aromatic heterocycles. The van der Waals surface area contributed by atoms with Crippen LogP contribution in [-0.2, 0) is 11.3 Å². The average Bonchev–Trinajstić information content (AvgIpc) is 2.65. The van der Waals surface area contributed by atoms with Gasteiger partial charge in [-0.25, -0.2) is 0 Å². The number of hydrogen-bond acceptors (Lipinski definition) is 3. The molecular weight excluding hydrogens is 350 g/mol. The molecule has 4 fully saturated rings. The summed E-state index contributed by atoms with van der Waals surface area (Å²) >= 11 is 0. The second-order valence-electron chi connectivity index (χ2n) is 9.60. The van der Waals surface area contributed by atoms with Crippen LogP contribution in [0.5, 0.6) is 0 Å². The van der Waals surface area contributed by atoms with Gasteiger partial charge in [-0.3, -0.25) is 9.59 Å². The van der Waals surface area contributed by atoms with Gasteiger partial charge < -0.3 is 16.4 Å². The van der Waals surface area contributed by atoms with Crippen molar-refractivity contribution in [3.8, 4) is 0 Å². The summed E-state index contributed by atoms with van der Waals surface area (Å²) in [5.74, 6) is 2.50. The van der Waals surface area contributed by atoms with Gasteiger partial charge in [0, 0.05) is 30.1 Å². The maximum absolute atomic E-state index is 13.0. The van der Waals surface area contributed by atoms with Crippen LogP contribution in [0.4, 0.5) is 0 Å². The molecule has 4 aliphatic rings. The quantitative estimate of drug-likeness (QED) is 0.677. The lowest BCUT2D eigenvalue weighted by Gasteiger charge is -2.55. The van der Waals surface area contributed by atoms with Crippen molar-refractivity contribution < 1.29 is 9.59 Å². The van der Waals surface area contributed by atoms with Crippen LogP contribution in [-0.4, -0.2) is 24.4 Å². The van der Waals surface area contributed by atoms with Crippen molar-refractivity contribution in [2.24, 2.45) is 28.9 Å². The predicted molar refractivity (Wildman–Crippen MR) is 109 cm³/mol. The first-order valence-electron chi connectivity index (χ1n) is 10.8. The molecule has 1 aromatic carbocycles. The molecule has 1 unspecified atom stereocenters. The highest BCUT2D eigenvalue weighted by Crippen LogP contribution is 2.60. The number of carbonyl (C=O) groups is 2. The summed E-state index contributed by atoms with van der Waals surface area (Å²) in [5, 5.41) is 6.08. The zero-order valence-electron chi connectivity index (χ0n) is 16.9. The van der Waals surface area contributed by atoms with E-state index >= 15 is 0 Å². The van der Waals surface area contributed by atoms with Gasteiger partial charge in [0.2, 0.25) is 5.91 Å². The highest BCUT2D eigenvalue weighted by atomic mass is 16.2. The molecule has 4 N–H and O–H groups in total. The molecule has 5 heteroatoms. The molecule has 152 valence electrons. The van der Waals surface area contributed by atoms with Crippen molar-refractivity contribution in [3.05, 3.63) is 35.4 Å². The fraction of sp³-hybridized carbons (Fsp3) is 0.652. The molecule has 0 radical (unpaired) electrons. The standard InChI is InChI=1S/C23H33N3O2/c1-15(24)6-7-25-21(27)20-4-2-16(3-5-20)14-26-22(28)23-11-17-8-18(12-23)10-19(9-17)13-23/h2-5,15,17-19H,6-14,24H2,1H3,(H,25,27)(H,26,28). The van der Waals surface area contributed by atoms with Crippen LogP contribution in [0.15, 0.2) is 24.3 Å². The number of hydrogen-bond donors (Lipinski definition) is 3. The molecule has 1 atom stereocenters. The Balaban J connectivity index is 1.29. The molecule has 28 heavy (non-hydrogen) atoms. The first-order chi connectivity index (χ1) is 13.4. The number of benzene rings is 1. The lowest BCUT2D eigenvalue weighted by molar-refractivity contribution is -0.146. The summed E-state index contributed by atoms with van der Waals surface area (Å²) in [7, 11) is 0. The Morgan fingerprint density at radius 3 is 2.14 bits per heavy atom. The first-order valence-corrected chi connectivity index (χ1v) is 10.8. The summed E-state index contributed by atoms with van der Waals surface area (Å²) < 4.78 is 0. The van der Waals surface area contributed by atoms with Crippen LogP contribution in [0.2, 0.25) is 0 Å². The monoisotopic (exact) mass is 383 g/mol. The van der Waals surface area contributed by atoms with Gasteiger partial charge >= 0.3 is 0 Å². The summed E-state index contributed by atoms with van der Waals surface area (Å²) in [4.78, 5) is 25.2. The fourth-order valence-corrected chi connectivity index (χ4v) is 6.05. The normalized spacial score (nSPS) is 31.4. The average molecular weight is 384 g/mol. The zero-order chi connectivity index (χ0) is 19.7. The fourth-order valence-electron chi connectivity index (χ4n) is 6.05. The van der Waals surface area contributed by atoms with E-state index in [9.17, 15) is 9.59 Å². The van der Waals surface area contributed by atoms with Crippen molar-refractivity contribution in [2.45, 2.75) is 64.5 Å². The van der Waals surface area contributed by atoms with E-state index in [1.54, 1.807) is 0 Å². The second kappa shape index (κ2) is 7.86. The van der Waals surface area contributed by atoms with Gasteiger partial charge in [-0.05, 0) is 87.3 Å². The van der Waals surface area contributed by atoms with Crippen molar-refractivity contribution >= 4 is 11.8 Å². The molecule has 5 rings (SSSR count). The SMILES string of the molecule is CC(N)CCNC(=O)c1ccc(CNC(=O)C23CC4CC(CC(C4)C2)C3)cc1. The first kappa shape index (κ1) is 19.4. The van der Waals surface area contributed by atoms with E-state index in [0.29, 0.717) is 18.7 Å². The minimum atomic E-state index is -0.102. The lowest BCUT2D eigenvalue weighted by atomic mass is 9.49. The van der Waals surface area contributed by atoms with Gasteiger partial charge in [0.05, 0.1) is 0 Å². The Labute approximate surface area is 167 Å². The lowest BCUT2D eigenvalue weighted by Crippen LogP contribution is -2.53. The van der Waals surface area contributed by atoms with Crippen LogP contribution in [0.25, 0.3) is 0 Å². The predicted octanol–water partition coefficient (Wildman–Crippen LogP) is 2.99. The third-order valence-corrected chi connectivity index (χ3v) is 7.07. The molecule has 5 nitrogen and oxygen atoms in total. The molecule has 4 saturated carbocycles. The Morgan fingerprint density at radius 2 is 1.61 bits per heavy atom. The summed E-state index contributed by atoms with van der Waals surface area (Å²) in [6, 6.07) is 7.60. The molecular formula is C23H33N3O2. The van der Waals surface area contributed by atoms with Crippen LogP contribution >= 0.6 is 0 Å². The number of amides is 2. The Kier molecular flexibility index (Phi) is 5.46.